The van der Waals surface area contributed by atoms with Gasteiger partial charge in [0.1, 0.15) is 14.9 Å². The second kappa shape index (κ2) is 5.39. The molecule has 20 heavy (non-hydrogen) atoms. The fourth-order valence-electron chi connectivity index (χ4n) is 1.35. The van der Waals surface area contributed by atoms with Gasteiger partial charge in [0, 0.05) is 0 Å². The molecular formula is C11H7ClFNO4S2. The predicted molar refractivity (Wildman–Crippen MR) is 73.5 cm³/mol. The molecule has 0 spiro atoms. The number of hydrogen-bond donors (Lipinski definition) is 2. The van der Waals surface area contributed by atoms with Crippen molar-refractivity contribution in [2.75, 3.05) is 4.72 Å². The van der Waals surface area contributed by atoms with Gasteiger partial charge >= 0.3 is 5.97 Å². The van der Waals surface area contributed by atoms with Crippen LogP contribution < -0.4 is 4.72 Å². The monoisotopic (exact) mass is 335 g/mol. The Labute approximate surface area is 122 Å². The second-order valence-electron chi connectivity index (χ2n) is 3.65. The van der Waals surface area contributed by atoms with E-state index in [4.69, 9.17) is 16.7 Å². The van der Waals surface area contributed by atoms with Crippen LogP contribution in [0.4, 0.5) is 10.1 Å². The molecule has 1 aromatic carbocycles. The predicted octanol–water partition coefficient (Wildman–Crippen LogP) is 3.04. The molecule has 106 valence electrons. The van der Waals surface area contributed by atoms with Crippen molar-refractivity contribution in [2.24, 2.45) is 0 Å². The highest BCUT2D eigenvalue weighted by Crippen LogP contribution is 2.28. The van der Waals surface area contributed by atoms with Crippen LogP contribution in [0.25, 0.3) is 0 Å². The number of aromatic carboxylic acids is 1. The fourth-order valence-corrected chi connectivity index (χ4v) is 3.84. The van der Waals surface area contributed by atoms with Gasteiger partial charge in [0.25, 0.3) is 10.0 Å². The minimum absolute atomic E-state index is 0.0124. The van der Waals surface area contributed by atoms with Gasteiger partial charge in [-0.1, -0.05) is 11.6 Å². The molecule has 0 saturated carbocycles. The maximum Gasteiger partial charge on any atom is 0.345 e. The molecule has 0 radical (unpaired) electrons. The summed E-state index contributed by atoms with van der Waals surface area (Å²) in [5.74, 6) is -1.81. The maximum absolute atomic E-state index is 12.9. The Bertz CT molecular complexity index is 772. The number of nitrogens with one attached hydrogen (secondary N) is 1. The minimum Gasteiger partial charge on any atom is -0.477 e. The highest BCUT2D eigenvalue weighted by molar-refractivity contribution is 7.94. The summed E-state index contributed by atoms with van der Waals surface area (Å²) in [6.45, 7) is 0. The number of benzene rings is 1. The molecule has 0 aliphatic rings. The zero-order valence-corrected chi connectivity index (χ0v) is 12.0. The van der Waals surface area contributed by atoms with Gasteiger partial charge in [0.15, 0.2) is 0 Å². The lowest BCUT2D eigenvalue weighted by molar-refractivity contribution is 0.0702. The summed E-state index contributed by atoms with van der Waals surface area (Å²) in [7, 11) is -3.96. The zero-order valence-electron chi connectivity index (χ0n) is 9.63. The van der Waals surface area contributed by atoms with Crippen molar-refractivity contribution in [3.05, 3.63) is 46.0 Å². The van der Waals surface area contributed by atoms with Gasteiger partial charge in [-0.25, -0.2) is 17.6 Å². The van der Waals surface area contributed by atoms with E-state index in [1.165, 1.54) is 18.2 Å². The molecule has 2 aromatic rings. The first-order valence-electron chi connectivity index (χ1n) is 5.10. The summed E-state index contributed by atoms with van der Waals surface area (Å²) in [5.41, 5.74) is 0.0124. The Morgan fingerprint density at radius 3 is 2.55 bits per heavy atom. The van der Waals surface area contributed by atoms with Crippen molar-refractivity contribution < 1.29 is 22.7 Å². The molecule has 2 N–H and O–H groups in total. The molecule has 0 bridgehead atoms. The number of carboxylic acids is 1. The molecule has 9 heteroatoms. The van der Waals surface area contributed by atoms with E-state index in [-0.39, 0.29) is 19.8 Å². The number of carbonyl (C=O) groups is 1. The smallest absolute Gasteiger partial charge is 0.345 e. The van der Waals surface area contributed by atoms with E-state index >= 15 is 0 Å². The van der Waals surface area contributed by atoms with Gasteiger partial charge in [0.2, 0.25) is 0 Å². The molecule has 5 nitrogen and oxygen atoms in total. The lowest BCUT2D eigenvalue weighted by atomic mass is 10.3. The van der Waals surface area contributed by atoms with E-state index in [0.29, 0.717) is 11.3 Å². The third-order valence-electron chi connectivity index (χ3n) is 2.23. The van der Waals surface area contributed by atoms with Crippen LogP contribution in [0.2, 0.25) is 5.02 Å². The first-order chi connectivity index (χ1) is 9.29. The third-order valence-corrected chi connectivity index (χ3v) is 5.48. The molecule has 0 fully saturated rings. The quantitative estimate of drug-likeness (QED) is 0.899. The summed E-state index contributed by atoms with van der Waals surface area (Å²) < 4.78 is 38.9. The molecule has 1 aromatic heterocycles. The second-order valence-corrected chi connectivity index (χ2v) is 7.05. The van der Waals surface area contributed by atoms with Crippen LogP contribution in [0.1, 0.15) is 9.67 Å². The normalized spacial score (nSPS) is 11.3. The molecule has 0 unspecified atom stereocenters. The van der Waals surface area contributed by atoms with Crippen LogP contribution in [0.15, 0.2) is 34.5 Å². The van der Waals surface area contributed by atoms with Crippen LogP contribution in [0.3, 0.4) is 0 Å². The largest absolute Gasteiger partial charge is 0.477 e. The van der Waals surface area contributed by atoms with Crippen LogP contribution in [0, 0.1) is 5.82 Å². The van der Waals surface area contributed by atoms with E-state index in [9.17, 15) is 17.6 Å². The number of hydrogen-bond acceptors (Lipinski definition) is 4. The van der Waals surface area contributed by atoms with Crippen molar-refractivity contribution in [1.82, 2.24) is 0 Å². The van der Waals surface area contributed by atoms with Gasteiger partial charge in [-0.2, -0.15) is 0 Å². The van der Waals surface area contributed by atoms with Gasteiger partial charge in [-0.3, -0.25) is 4.72 Å². The highest BCUT2D eigenvalue weighted by Gasteiger charge is 2.20. The lowest BCUT2D eigenvalue weighted by Gasteiger charge is -2.07. The molecule has 0 amide bonds. The molecule has 0 atom stereocenters. The Morgan fingerprint density at radius 2 is 2.00 bits per heavy atom. The van der Waals surface area contributed by atoms with E-state index in [0.717, 1.165) is 12.1 Å². The highest BCUT2D eigenvalue weighted by atomic mass is 35.5. The van der Waals surface area contributed by atoms with Crippen molar-refractivity contribution in [3.63, 3.8) is 0 Å². The Kier molecular flexibility index (Phi) is 3.98. The summed E-state index contributed by atoms with van der Waals surface area (Å²) in [5, 5.41) is 8.67. The SMILES string of the molecule is O=C(O)c1ccc(S(=O)(=O)Nc2ccc(F)cc2Cl)s1. The summed E-state index contributed by atoms with van der Waals surface area (Å²) in [6, 6.07) is 5.57. The molecule has 0 saturated heterocycles. The van der Waals surface area contributed by atoms with Crippen LogP contribution in [0.5, 0.6) is 0 Å². The van der Waals surface area contributed by atoms with Gasteiger partial charge < -0.3 is 5.11 Å². The number of carboxylic acid groups (broad SMARTS) is 1. The van der Waals surface area contributed by atoms with Gasteiger partial charge in [-0.15, -0.1) is 11.3 Å². The lowest BCUT2D eigenvalue weighted by Crippen LogP contribution is -2.11. The van der Waals surface area contributed by atoms with Crippen molar-refractivity contribution in [3.8, 4) is 0 Å². The average molecular weight is 336 g/mol. The zero-order chi connectivity index (χ0) is 14.9. The number of thiophene rings is 1. The molecule has 0 aliphatic carbocycles. The van der Waals surface area contributed by atoms with E-state index < -0.39 is 21.8 Å². The summed E-state index contributed by atoms with van der Waals surface area (Å²) in [4.78, 5) is 10.6. The summed E-state index contributed by atoms with van der Waals surface area (Å²) >= 11 is 6.33. The standard InChI is InChI=1S/C11H7ClFNO4S2/c12-7-5-6(13)1-2-8(7)14-20(17,18)10-4-3-9(19-10)11(15)16/h1-5,14H,(H,15,16). The molecular weight excluding hydrogens is 329 g/mol. The first-order valence-corrected chi connectivity index (χ1v) is 7.78. The first kappa shape index (κ1) is 14.8. The number of anilines is 1. The summed E-state index contributed by atoms with van der Waals surface area (Å²) in [6.07, 6.45) is 0. The number of halogens is 2. The minimum atomic E-state index is -3.96. The van der Waals surface area contributed by atoms with Crippen LogP contribution >= 0.6 is 22.9 Å². The Balaban J connectivity index is 2.33. The third kappa shape index (κ3) is 3.09. The fraction of sp³-hybridized carbons (Fsp3) is 0. The average Bonchev–Trinajstić information content (AvgIpc) is 2.83. The topological polar surface area (TPSA) is 83.5 Å². The molecule has 2 rings (SSSR count). The Hall–Kier alpha value is -1.64. The number of rotatable bonds is 4. The van der Waals surface area contributed by atoms with Crippen molar-refractivity contribution >= 4 is 44.6 Å². The van der Waals surface area contributed by atoms with Crippen LogP contribution in [-0.2, 0) is 10.0 Å². The maximum atomic E-state index is 12.9. The van der Waals surface area contributed by atoms with E-state index in [1.54, 1.807) is 0 Å². The van der Waals surface area contributed by atoms with Crippen molar-refractivity contribution in [1.29, 1.82) is 0 Å². The van der Waals surface area contributed by atoms with E-state index in [2.05, 4.69) is 4.72 Å². The Morgan fingerprint density at radius 1 is 1.30 bits per heavy atom. The van der Waals surface area contributed by atoms with Crippen molar-refractivity contribution in [2.45, 2.75) is 4.21 Å². The molecule has 0 aliphatic heterocycles. The van der Waals surface area contributed by atoms with Crippen LogP contribution in [-0.4, -0.2) is 19.5 Å². The van der Waals surface area contributed by atoms with Gasteiger partial charge in [-0.05, 0) is 30.3 Å². The van der Waals surface area contributed by atoms with Gasteiger partial charge in [0.05, 0.1) is 10.7 Å². The number of sulfonamides is 1. The molecule has 1 heterocycles. The van der Waals surface area contributed by atoms with E-state index in [1.807, 2.05) is 0 Å².